The second-order valence-electron chi connectivity index (χ2n) is 6.04. The Hall–Kier alpha value is -3.67. The number of hydrogen-bond acceptors (Lipinski definition) is 5. The summed E-state index contributed by atoms with van der Waals surface area (Å²) in [7, 11) is 0. The number of rotatable bonds is 3. The number of pyridine rings is 2. The number of hydrogen-bond donors (Lipinski definition) is 0. The summed E-state index contributed by atoms with van der Waals surface area (Å²) in [5.41, 5.74) is 5.37. The molecule has 0 saturated carbocycles. The van der Waals surface area contributed by atoms with Gasteiger partial charge >= 0.3 is 0 Å². The molecule has 6 nitrogen and oxygen atoms in total. The summed E-state index contributed by atoms with van der Waals surface area (Å²) in [6.45, 7) is 0.676. The van der Waals surface area contributed by atoms with Gasteiger partial charge in [0.2, 0.25) is 0 Å². The van der Waals surface area contributed by atoms with Gasteiger partial charge in [-0.1, -0.05) is 12.1 Å². The van der Waals surface area contributed by atoms with E-state index in [4.69, 9.17) is 4.98 Å². The highest BCUT2D eigenvalue weighted by molar-refractivity contribution is 5.79. The van der Waals surface area contributed by atoms with Crippen molar-refractivity contribution in [1.82, 2.24) is 29.5 Å². The molecule has 0 unspecified atom stereocenters. The molecule has 0 N–H and O–H groups in total. The lowest BCUT2D eigenvalue weighted by Crippen LogP contribution is -2.00. The SMILES string of the molecule is c1cnc2ccc(Cn3cnc4ncc(-c5ccncc5)nc43)cc2c1. The average Bonchev–Trinajstić information content (AvgIpc) is 3.10. The second-order valence-corrected chi connectivity index (χ2v) is 6.04. The summed E-state index contributed by atoms with van der Waals surface area (Å²) in [5, 5.41) is 1.12. The Balaban J connectivity index is 1.55. The maximum absolute atomic E-state index is 4.76. The zero-order valence-electron chi connectivity index (χ0n) is 13.8. The van der Waals surface area contributed by atoms with Gasteiger partial charge in [-0.3, -0.25) is 9.97 Å². The van der Waals surface area contributed by atoms with Gasteiger partial charge in [0.05, 0.1) is 30.3 Å². The number of fused-ring (bicyclic) bond motifs is 2. The van der Waals surface area contributed by atoms with Crippen LogP contribution in [0, 0.1) is 0 Å². The molecule has 26 heavy (non-hydrogen) atoms. The molecule has 1 aromatic carbocycles. The van der Waals surface area contributed by atoms with Crippen LogP contribution in [0.4, 0.5) is 0 Å². The maximum atomic E-state index is 4.76. The summed E-state index contributed by atoms with van der Waals surface area (Å²) < 4.78 is 2.02. The summed E-state index contributed by atoms with van der Waals surface area (Å²) in [5.74, 6) is 0. The number of nitrogens with zero attached hydrogens (tertiary/aromatic N) is 6. The molecule has 0 atom stereocenters. The Labute approximate surface area is 149 Å². The molecule has 0 amide bonds. The number of aromatic nitrogens is 6. The first kappa shape index (κ1) is 14.7. The molecule has 0 radical (unpaired) electrons. The van der Waals surface area contributed by atoms with Crippen LogP contribution in [0.15, 0.2) is 73.6 Å². The Morgan fingerprint density at radius 2 is 1.81 bits per heavy atom. The molecule has 0 fully saturated rings. The Kier molecular flexibility index (Phi) is 3.38. The zero-order chi connectivity index (χ0) is 17.3. The van der Waals surface area contributed by atoms with Crippen LogP contribution < -0.4 is 0 Å². The summed E-state index contributed by atoms with van der Waals surface area (Å²) in [6, 6.07) is 14.1. The molecule has 4 aromatic heterocycles. The van der Waals surface area contributed by atoms with Gasteiger partial charge in [0.25, 0.3) is 0 Å². The van der Waals surface area contributed by atoms with Gasteiger partial charge in [0.15, 0.2) is 11.3 Å². The molecule has 124 valence electrons. The van der Waals surface area contributed by atoms with Crippen LogP contribution in [0.5, 0.6) is 0 Å². The van der Waals surface area contributed by atoms with Crippen LogP contribution in [0.1, 0.15) is 5.56 Å². The van der Waals surface area contributed by atoms with Crippen molar-refractivity contribution in [3.05, 3.63) is 79.1 Å². The lowest BCUT2D eigenvalue weighted by Gasteiger charge is -2.06. The zero-order valence-corrected chi connectivity index (χ0v) is 13.8. The lowest BCUT2D eigenvalue weighted by atomic mass is 10.1. The topological polar surface area (TPSA) is 69.4 Å². The third-order valence-corrected chi connectivity index (χ3v) is 4.32. The standard InChI is InChI=1S/C20H14N6/c1-2-16-10-14(3-4-17(16)22-7-1)12-26-13-24-19-20(26)25-18(11-23-19)15-5-8-21-9-6-15/h1-11,13H,12H2. The second kappa shape index (κ2) is 6.00. The molecule has 0 aliphatic carbocycles. The van der Waals surface area contributed by atoms with E-state index in [1.54, 1.807) is 24.9 Å². The first-order chi connectivity index (χ1) is 12.9. The molecular formula is C20H14N6. The van der Waals surface area contributed by atoms with Crippen LogP contribution in [0.25, 0.3) is 33.5 Å². The van der Waals surface area contributed by atoms with E-state index in [1.807, 2.05) is 35.0 Å². The lowest BCUT2D eigenvalue weighted by molar-refractivity contribution is 0.815. The van der Waals surface area contributed by atoms with Gasteiger partial charge in [0, 0.05) is 29.5 Å². The quantitative estimate of drug-likeness (QED) is 0.504. The largest absolute Gasteiger partial charge is 0.309 e. The Morgan fingerprint density at radius 3 is 2.73 bits per heavy atom. The van der Waals surface area contributed by atoms with Crippen LogP contribution >= 0.6 is 0 Å². The normalized spacial score (nSPS) is 11.2. The highest BCUT2D eigenvalue weighted by Crippen LogP contribution is 2.19. The van der Waals surface area contributed by atoms with Crippen LogP contribution in [-0.2, 0) is 6.54 Å². The van der Waals surface area contributed by atoms with Gasteiger partial charge in [-0.25, -0.2) is 15.0 Å². The van der Waals surface area contributed by atoms with Crippen molar-refractivity contribution in [1.29, 1.82) is 0 Å². The van der Waals surface area contributed by atoms with E-state index in [0.717, 1.165) is 27.8 Å². The van der Waals surface area contributed by atoms with E-state index in [0.29, 0.717) is 12.2 Å². The minimum absolute atomic E-state index is 0.644. The number of benzene rings is 1. The molecule has 5 rings (SSSR count). The summed E-state index contributed by atoms with van der Waals surface area (Å²) in [4.78, 5) is 22.0. The Bertz CT molecular complexity index is 1210. The van der Waals surface area contributed by atoms with E-state index in [2.05, 4.69) is 38.1 Å². The third-order valence-electron chi connectivity index (χ3n) is 4.32. The van der Waals surface area contributed by atoms with E-state index >= 15 is 0 Å². The molecule has 5 aromatic rings. The highest BCUT2D eigenvalue weighted by atomic mass is 15.1. The van der Waals surface area contributed by atoms with E-state index in [-0.39, 0.29) is 0 Å². The van der Waals surface area contributed by atoms with Crippen molar-refractivity contribution >= 4 is 22.2 Å². The molecule has 0 saturated heterocycles. The molecule has 4 heterocycles. The predicted octanol–water partition coefficient (Wildman–Crippen LogP) is 3.48. The molecule has 0 aliphatic heterocycles. The van der Waals surface area contributed by atoms with E-state index in [1.165, 1.54) is 5.56 Å². The molecular weight excluding hydrogens is 324 g/mol. The van der Waals surface area contributed by atoms with Crippen molar-refractivity contribution in [3.8, 4) is 11.3 Å². The van der Waals surface area contributed by atoms with Crippen LogP contribution in [0.3, 0.4) is 0 Å². The van der Waals surface area contributed by atoms with Crippen molar-refractivity contribution in [3.63, 3.8) is 0 Å². The van der Waals surface area contributed by atoms with Gasteiger partial charge in [-0.2, -0.15) is 0 Å². The van der Waals surface area contributed by atoms with Crippen molar-refractivity contribution < 1.29 is 0 Å². The first-order valence-electron chi connectivity index (χ1n) is 8.29. The maximum Gasteiger partial charge on any atom is 0.197 e. The fourth-order valence-corrected chi connectivity index (χ4v) is 3.03. The first-order valence-corrected chi connectivity index (χ1v) is 8.29. The predicted molar refractivity (Wildman–Crippen MR) is 99.4 cm³/mol. The third kappa shape index (κ3) is 2.57. The molecule has 0 aliphatic rings. The molecule has 0 bridgehead atoms. The van der Waals surface area contributed by atoms with E-state index in [9.17, 15) is 0 Å². The van der Waals surface area contributed by atoms with Crippen molar-refractivity contribution in [2.75, 3.05) is 0 Å². The minimum Gasteiger partial charge on any atom is -0.309 e. The van der Waals surface area contributed by atoms with Crippen molar-refractivity contribution in [2.24, 2.45) is 0 Å². The monoisotopic (exact) mass is 338 g/mol. The summed E-state index contributed by atoms with van der Waals surface area (Å²) in [6.07, 6.45) is 8.84. The summed E-state index contributed by atoms with van der Waals surface area (Å²) >= 11 is 0. The van der Waals surface area contributed by atoms with Gasteiger partial charge in [-0.15, -0.1) is 0 Å². The van der Waals surface area contributed by atoms with Gasteiger partial charge < -0.3 is 4.57 Å². The number of imidazole rings is 1. The van der Waals surface area contributed by atoms with Crippen molar-refractivity contribution in [2.45, 2.75) is 6.54 Å². The molecule has 6 heteroatoms. The minimum atomic E-state index is 0.644. The smallest absolute Gasteiger partial charge is 0.197 e. The van der Waals surface area contributed by atoms with Crippen LogP contribution in [0.2, 0.25) is 0 Å². The Morgan fingerprint density at radius 1 is 0.885 bits per heavy atom. The average molecular weight is 338 g/mol. The van der Waals surface area contributed by atoms with Crippen LogP contribution in [-0.4, -0.2) is 29.5 Å². The van der Waals surface area contributed by atoms with E-state index < -0.39 is 0 Å². The fourth-order valence-electron chi connectivity index (χ4n) is 3.03. The van der Waals surface area contributed by atoms with Gasteiger partial charge in [-0.05, 0) is 35.9 Å². The fraction of sp³-hybridized carbons (Fsp3) is 0.0500. The van der Waals surface area contributed by atoms with Gasteiger partial charge in [0.1, 0.15) is 0 Å². The molecule has 0 spiro atoms. The highest BCUT2D eigenvalue weighted by Gasteiger charge is 2.09.